The van der Waals surface area contributed by atoms with E-state index in [1.165, 1.54) is 32.6 Å². The second-order valence-corrected chi connectivity index (χ2v) is 4.29. The third kappa shape index (κ3) is 1.47. The summed E-state index contributed by atoms with van der Waals surface area (Å²) in [5, 5.41) is 0. The van der Waals surface area contributed by atoms with E-state index in [0.29, 0.717) is 0 Å². The van der Waals surface area contributed by atoms with Crippen LogP contribution in [-0.4, -0.2) is 51.8 Å². The normalized spacial score (nSPS) is 40.7. The van der Waals surface area contributed by atoms with Crippen molar-refractivity contribution in [2.45, 2.75) is 6.42 Å². The first-order valence-corrected chi connectivity index (χ1v) is 4.63. The van der Waals surface area contributed by atoms with Crippen molar-refractivity contribution in [1.29, 1.82) is 0 Å². The highest BCUT2D eigenvalue weighted by atomic mass is 15.1. The lowest BCUT2D eigenvalue weighted by Crippen LogP contribution is -2.38. The summed E-state index contributed by atoms with van der Waals surface area (Å²) in [6.45, 7) is 5.32. The van der Waals surface area contributed by atoms with Gasteiger partial charge >= 0.3 is 0 Å². The van der Waals surface area contributed by atoms with Crippen molar-refractivity contribution in [1.82, 2.24) is 9.62 Å². The first kappa shape index (κ1) is 7.69. The van der Waals surface area contributed by atoms with Crippen LogP contribution in [0.25, 0.3) is 0 Å². The van der Waals surface area contributed by atoms with Crippen molar-refractivity contribution in [3.05, 3.63) is 0 Å². The topological polar surface area (TPSA) is 6.48 Å². The van der Waals surface area contributed by atoms with E-state index in [4.69, 9.17) is 0 Å². The average molecular weight is 150 g/mol. The highest BCUT2D eigenvalue weighted by molar-refractivity contribution is 6.05. The highest BCUT2D eigenvalue weighted by Crippen LogP contribution is 2.28. The van der Waals surface area contributed by atoms with Crippen molar-refractivity contribution >= 4 is 16.0 Å². The Bertz CT molecular complexity index is 153. The minimum absolute atomic E-state index is 0.971. The van der Waals surface area contributed by atoms with Gasteiger partial charge in [-0.3, -0.25) is 0 Å². The summed E-state index contributed by atoms with van der Waals surface area (Å²) in [5.41, 5.74) is 0. The van der Waals surface area contributed by atoms with Gasteiger partial charge in [-0.25, -0.2) is 0 Å². The molecule has 0 radical (unpaired) electrons. The van der Waals surface area contributed by atoms with Crippen LogP contribution in [0.4, 0.5) is 0 Å². The van der Waals surface area contributed by atoms with Gasteiger partial charge in [0.25, 0.3) is 0 Å². The monoisotopic (exact) mass is 150 g/mol. The number of hydrogen-bond donors (Lipinski definition) is 0. The zero-order chi connectivity index (χ0) is 7.84. The van der Waals surface area contributed by atoms with Crippen molar-refractivity contribution in [2.75, 3.05) is 26.2 Å². The molecule has 2 saturated heterocycles. The van der Waals surface area contributed by atoms with E-state index in [9.17, 15) is 0 Å². The predicted octanol–water partition coefficient (Wildman–Crippen LogP) is -1.66. The molecule has 0 N–H and O–H groups in total. The molecule has 0 saturated carbocycles. The molecule has 0 aliphatic carbocycles. The van der Waals surface area contributed by atoms with Crippen LogP contribution in [0.15, 0.2) is 0 Å². The van der Waals surface area contributed by atoms with Crippen LogP contribution in [0.1, 0.15) is 6.42 Å². The zero-order valence-corrected chi connectivity index (χ0v) is 7.58. The molecule has 2 fully saturated rings. The molecule has 0 aromatic heterocycles. The van der Waals surface area contributed by atoms with Gasteiger partial charge in [0.2, 0.25) is 0 Å². The van der Waals surface area contributed by atoms with Crippen LogP contribution < -0.4 is 0 Å². The maximum atomic E-state index is 2.48. The molecule has 2 rings (SSSR count). The molecule has 60 valence electrons. The number of nitrogens with zero attached hydrogens (tertiary/aromatic N) is 2. The Labute approximate surface area is 70.8 Å². The van der Waals surface area contributed by atoms with Gasteiger partial charge in [-0.15, -0.1) is 0 Å². The summed E-state index contributed by atoms with van der Waals surface area (Å²) < 4.78 is 0. The lowest BCUT2D eigenvalue weighted by Gasteiger charge is -2.31. The second-order valence-electron chi connectivity index (χ2n) is 4.29. The number of hydrogen-bond acceptors (Lipinski definition) is 2. The van der Waals surface area contributed by atoms with E-state index < -0.39 is 0 Å². The minimum Gasteiger partial charge on any atom is -0.348 e. The van der Waals surface area contributed by atoms with E-state index in [0.717, 1.165) is 11.8 Å². The summed E-state index contributed by atoms with van der Waals surface area (Å²) in [6, 6.07) is 0. The van der Waals surface area contributed by atoms with Crippen molar-refractivity contribution in [2.24, 2.45) is 11.8 Å². The molecule has 0 amide bonds. The van der Waals surface area contributed by atoms with Gasteiger partial charge < -0.3 is 9.62 Å². The van der Waals surface area contributed by atoms with Gasteiger partial charge in [0.1, 0.15) is 0 Å². The average Bonchev–Trinajstić information content (AvgIpc) is 2.27. The van der Waals surface area contributed by atoms with Crippen LogP contribution in [0.5, 0.6) is 0 Å². The van der Waals surface area contributed by atoms with E-state index in [1.54, 1.807) is 0 Å². The van der Waals surface area contributed by atoms with Gasteiger partial charge in [-0.1, -0.05) is 0 Å². The lowest BCUT2D eigenvalue weighted by atomic mass is 9.87. The molecule has 0 aromatic carbocycles. The molecule has 2 nitrogen and oxygen atoms in total. The Hall–Kier alpha value is 0.0499. The molecule has 2 aliphatic rings. The van der Waals surface area contributed by atoms with Gasteiger partial charge in [0.05, 0.1) is 0 Å². The fourth-order valence-electron chi connectivity index (χ4n) is 2.58. The summed E-state index contributed by atoms with van der Waals surface area (Å²) in [4.78, 5) is 4.95. The molecule has 0 unspecified atom stereocenters. The molecular formula is C7H16B2N2. The Kier molecular flexibility index (Phi) is 1.98. The Morgan fingerprint density at radius 3 is 2.36 bits per heavy atom. The lowest BCUT2D eigenvalue weighted by molar-refractivity contribution is 0.234. The summed E-state index contributed by atoms with van der Waals surface area (Å²) in [5.74, 6) is 1.98. The molecule has 0 bridgehead atoms. The first-order chi connectivity index (χ1) is 5.25. The van der Waals surface area contributed by atoms with E-state index in [1.807, 2.05) is 0 Å². The molecule has 0 spiro atoms. The second kappa shape index (κ2) is 2.83. The summed E-state index contributed by atoms with van der Waals surface area (Å²) in [6.07, 6.45) is 1.42. The number of piperidine rings is 1. The molecule has 0 aromatic rings. The smallest absolute Gasteiger partial charge is 0.185 e. The Balaban J connectivity index is 1.97. The molecule has 2 aliphatic heterocycles. The van der Waals surface area contributed by atoms with Gasteiger partial charge in [-0.05, 0) is 44.4 Å². The maximum absolute atomic E-state index is 2.48. The van der Waals surface area contributed by atoms with Gasteiger partial charge in [0.15, 0.2) is 16.0 Å². The third-order valence-electron chi connectivity index (χ3n) is 3.19. The molecule has 11 heavy (non-hydrogen) atoms. The molecule has 2 heterocycles. The summed E-state index contributed by atoms with van der Waals surface area (Å²) in [7, 11) is 4.49. The van der Waals surface area contributed by atoms with Crippen molar-refractivity contribution in [3.8, 4) is 0 Å². The maximum Gasteiger partial charge on any atom is 0.185 e. The Morgan fingerprint density at radius 2 is 1.55 bits per heavy atom. The molecular weight excluding hydrogens is 134 g/mol. The molecule has 2 atom stereocenters. The van der Waals surface area contributed by atoms with Crippen LogP contribution in [0.2, 0.25) is 0 Å². The van der Waals surface area contributed by atoms with E-state index in [-0.39, 0.29) is 0 Å². The minimum atomic E-state index is 0.971. The van der Waals surface area contributed by atoms with Crippen molar-refractivity contribution in [3.63, 3.8) is 0 Å². The fourth-order valence-corrected chi connectivity index (χ4v) is 2.58. The van der Waals surface area contributed by atoms with E-state index in [2.05, 4.69) is 25.6 Å². The van der Waals surface area contributed by atoms with Gasteiger partial charge in [-0.2, -0.15) is 0 Å². The van der Waals surface area contributed by atoms with Crippen LogP contribution in [-0.2, 0) is 0 Å². The Morgan fingerprint density at radius 1 is 0.909 bits per heavy atom. The quantitative estimate of drug-likeness (QED) is 0.381. The largest absolute Gasteiger partial charge is 0.348 e. The van der Waals surface area contributed by atoms with Crippen LogP contribution in [0, 0.1) is 11.8 Å². The SMILES string of the molecule is BN1CC[C@H]2CN(B)C[C@@H]2C1. The number of fused-ring (bicyclic) bond motifs is 1. The van der Waals surface area contributed by atoms with Crippen LogP contribution in [0.3, 0.4) is 0 Å². The molecule has 4 heteroatoms. The first-order valence-electron chi connectivity index (χ1n) is 4.63. The fraction of sp³-hybridized carbons (Fsp3) is 1.00. The third-order valence-corrected chi connectivity index (χ3v) is 3.19. The van der Waals surface area contributed by atoms with Crippen LogP contribution >= 0.6 is 0 Å². The van der Waals surface area contributed by atoms with Crippen molar-refractivity contribution < 1.29 is 0 Å². The van der Waals surface area contributed by atoms with E-state index >= 15 is 0 Å². The standard InChI is InChI=1S/C7H16B2N2/c8-10-2-1-6-3-11(9)5-7(6)4-10/h6-7H,1-5,8-9H2/t6-,7-/m0/s1. The van der Waals surface area contributed by atoms with Gasteiger partial charge in [0, 0.05) is 0 Å². The summed E-state index contributed by atoms with van der Waals surface area (Å²) >= 11 is 0. The number of rotatable bonds is 0. The predicted molar refractivity (Wildman–Crippen MR) is 51.8 cm³/mol. The highest BCUT2D eigenvalue weighted by Gasteiger charge is 2.33. The zero-order valence-electron chi connectivity index (χ0n) is 7.58.